The maximum atomic E-state index is 8.38. The van der Waals surface area contributed by atoms with Crippen molar-refractivity contribution in [2.45, 2.75) is 32.6 Å². The highest BCUT2D eigenvalue weighted by molar-refractivity contribution is 6.47. The Kier molecular flexibility index (Phi) is 6.65. The molecule has 0 aromatic carbocycles. The Balaban J connectivity index is 3.02. The van der Waals surface area contributed by atoms with Crippen LogP contribution in [0, 0.1) is 0 Å². The van der Waals surface area contributed by atoms with Gasteiger partial charge in [0, 0.05) is 0 Å². The molecule has 0 spiro atoms. The molecular weight excluding hydrogens is 127 g/mol. The van der Waals surface area contributed by atoms with Crippen molar-refractivity contribution >= 4 is 7.12 Å². The van der Waals surface area contributed by atoms with Crippen LogP contribution in [0.3, 0.4) is 0 Å². The molecule has 0 rings (SSSR count). The molecule has 0 bridgehead atoms. The summed E-state index contributed by atoms with van der Waals surface area (Å²) in [5.74, 6) is 1.40. The first kappa shape index (κ1) is 9.72. The van der Waals surface area contributed by atoms with Crippen LogP contribution in [0.25, 0.3) is 0 Å². The summed E-state index contributed by atoms with van der Waals surface area (Å²) < 4.78 is 0. The van der Waals surface area contributed by atoms with Crippen LogP contribution in [-0.4, -0.2) is 17.2 Å². The molecular formula is C7H15BO2. The van der Waals surface area contributed by atoms with E-state index in [0.717, 1.165) is 12.8 Å². The van der Waals surface area contributed by atoms with Gasteiger partial charge in [0.05, 0.1) is 0 Å². The predicted molar refractivity (Wildman–Crippen MR) is 43.5 cm³/mol. The molecule has 0 fully saturated rings. The molecule has 2 N–H and O–H groups in total. The third-order valence-corrected chi connectivity index (χ3v) is 1.28. The smallest absolute Gasteiger partial charge is 0.424 e. The molecule has 0 saturated heterocycles. The van der Waals surface area contributed by atoms with Gasteiger partial charge >= 0.3 is 7.12 Å². The molecule has 0 amide bonds. The first-order chi connectivity index (χ1) is 4.77. The monoisotopic (exact) mass is 142 g/mol. The largest absolute Gasteiger partial charge is 0.480 e. The van der Waals surface area contributed by atoms with E-state index in [1.165, 1.54) is 18.8 Å². The van der Waals surface area contributed by atoms with Gasteiger partial charge in [0.25, 0.3) is 0 Å². The Labute approximate surface area is 62.7 Å². The second-order valence-corrected chi connectivity index (χ2v) is 2.34. The highest BCUT2D eigenvalue weighted by Gasteiger charge is 1.95. The van der Waals surface area contributed by atoms with Crippen molar-refractivity contribution in [3.63, 3.8) is 0 Å². The lowest BCUT2D eigenvalue weighted by Gasteiger charge is -1.90. The molecule has 0 aliphatic carbocycles. The van der Waals surface area contributed by atoms with Crippen LogP contribution in [-0.2, 0) is 0 Å². The fourth-order valence-corrected chi connectivity index (χ4v) is 0.730. The SMILES string of the molecule is CCCCC/C=C\B(O)O. The third kappa shape index (κ3) is 7.72. The van der Waals surface area contributed by atoms with Crippen LogP contribution in [0.15, 0.2) is 12.1 Å². The molecule has 0 aromatic rings. The summed E-state index contributed by atoms with van der Waals surface area (Å²) in [5.41, 5.74) is 0. The van der Waals surface area contributed by atoms with E-state index >= 15 is 0 Å². The number of hydrogen-bond donors (Lipinski definition) is 2. The predicted octanol–water partition coefficient (Wildman–Crippen LogP) is 1.13. The lowest BCUT2D eigenvalue weighted by atomic mass is 9.91. The maximum absolute atomic E-state index is 8.38. The normalized spacial score (nSPS) is 10.7. The molecule has 0 heterocycles. The molecule has 0 atom stereocenters. The Hall–Kier alpha value is -0.275. The first-order valence-electron chi connectivity index (χ1n) is 3.80. The summed E-state index contributed by atoms with van der Waals surface area (Å²) in [7, 11) is -1.28. The molecule has 10 heavy (non-hydrogen) atoms. The fourth-order valence-electron chi connectivity index (χ4n) is 0.730. The molecule has 0 aromatic heterocycles. The topological polar surface area (TPSA) is 40.5 Å². The summed E-state index contributed by atoms with van der Waals surface area (Å²) in [6.45, 7) is 2.14. The minimum absolute atomic E-state index is 0.950. The van der Waals surface area contributed by atoms with Crippen molar-refractivity contribution in [3.05, 3.63) is 12.1 Å². The average molecular weight is 142 g/mol. The van der Waals surface area contributed by atoms with Crippen molar-refractivity contribution in [1.29, 1.82) is 0 Å². The van der Waals surface area contributed by atoms with Crippen molar-refractivity contribution in [3.8, 4) is 0 Å². The van der Waals surface area contributed by atoms with Gasteiger partial charge < -0.3 is 10.0 Å². The molecule has 0 aliphatic rings. The second-order valence-electron chi connectivity index (χ2n) is 2.34. The van der Waals surface area contributed by atoms with Gasteiger partial charge in [0.1, 0.15) is 0 Å². The molecule has 0 radical (unpaired) electrons. The van der Waals surface area contributed by atoms with E-state index in [1.807, 2.05) is 0 Å². The van der Waals surface area contributed by atoms with Crippen LogP contribution in [0.1, 0.15) is 32.6 Å². The van der Waals surface area contributed by atoms with E-state index in [0.29, 0.717) is 0 Å². The van der Waals surface area contributed by atoms with Gasteiger partial charge in [-0.05, 0) is 12.8 Å². The van der Waals surface area contributed by atoms with Gasteiger partial charge in [0.15, 0.2) is 0 Å². The highest BCUT2D eigenvalue weighted by atomic mass is 16.4. The van der Waals surface area contributed by atoms with Gasteiger partial charge in [-0.3, -0.25) is 0 Å². The van der Waals surface area contributed by atoms with Crippen molar-refractivity contribution < 1.29 is 10.0 Å². The highest BCUT2D eigenvalue weighted by Crippen LogP contribution is 1.99. The van der Waals surface area contributed by atoms with Gasteiger partial charge in [-0.15, -0.1) is 0 Å². The number of rotatable bonds is 5. The maximum Gasteiger partial charge on any atom is 0.480 e. The Morgan fingerprint density at radius 2 is 2.00 bits per heavy atom. The van der Waals surface area contributed by atoms with Crippen LogP contribution < -0.4 is 0 Å². The number of unbranched alkanes of at least 4 members (excludes halogenated alkanes) is 3. The van der Waals surface area contributed by atoms with Crippen molar-refractivity contribution in [2.24, 2.45) is 0 Å². The van der Waals surface area contributed by atoms with Crippen LogP contribution >= 0.6 is 0 Å². The Bertz CT molecular complexity index is 91.6. The van der Waals surface area contributed by atoms with Crippen molar-refractivity contribution in [1.82, 2.24) is 0 Å². The van der Waals surface area contributed by atoms with E-state index in [1.54, 1.807) is 6.08 Å². The zero-order chi connectivity index (χ0) is 7.82. The Morgan fingerprint density at radius 3 is 2.50 bits per heavy atom. The second kappa shape index (κ2) is 6.84. The van der Waals surface area contributed by atoms with E-state index in [9.17, 15) is 0 Å². The fraction of sp³-hybridized carbons (Fsp3) is 0.714. The van der Waals surface area contributed by atoms with Gasteiger partial charge in [-0.2, -0.15) is 0 Å². The minimum atomic E-state index is -1.28. The zero-order valence-corrected chi connectivity index (χ0v) is 6.45. The van der Waals surface area contributed by atoms with Gasteiger partial charge in [-0.1, -0.05) is 31.8 Å². The number of hydrogen-bond acceptors (Lipinski definition) is 2. The molecule has 0 unspecified atom stereocenters. The van der Waals surface area contributed by atoms with E-state index < -0.39 is 7.12 Å². The summed E-state index contributed by atoms with van der Waals surface area (Å²) in [5, 5.41) is 16.8. The molecule has 0 aliphatic heterocycles. The average Bonchev–Trinajstić information content (AvgIpc) is 1.87. The first-order valence-corrected chi connectivity index (χ1v) is 3.80. The van der Waals surface area contributed by atoms with Gasteiger partial charge in [-0.25, -0.2) is 0 Å². The van der Waals surface area contributed by atoms with Gasteiger partial charge in [0.2, 0.25) is 0 Å². The summed E-state index contributed by atoms with van der Waals surface area (Å²) in [6.07, 6.45) is 6.31. The summed E-state index contributed by atoms with van der Waals surface area (Å²) >= 11 is 0. The van der Waals surface area contributed by atoms with Crippen LogP contribution in [0.4, 0.5) is 0 Å². The number of allylic oxidation sites excluding steroid dienone is 1. The molecule has 58 valence electrons. The minimum Gasteiger partial charge on any atom is -0.424 e. The van der Waals surface area contributed by atoms with E-state index in [2.05, 4.69) is 6.92 Å². The van der Waals surface area contributed by atoms with Crippen LogP contribution in [0.5, 0.6) is 0 Å². The van der Waals surface area contributed by atoms with Crippen LogP contribution in [0.2, 0.25) is 0 Å². The summed E-state index contributed by atoms with van der Waals surface area (Å²) in [4.78, 5) is 0. The van der Waals surface area contributed by atoms with E-state index in [4.69, 9.17) is 10.0 Å². The standard InChI is InChI=1S/C7H15BO2/c1-2-3-4-5-6-7-8(9)10/h6-7,9-10H,2-5H2,1H3/b7-6-. The lowest BCUT2D eigenvalue weighted by molar-refractivity contribution is 0.424. The molecule has 2 nitrogen and oxygen atoms in total. The van der Waals surface area contributed by atoms with Crippen molar-refractivity contribution in [2.75, 3.05) is 0 Å². The quantitative estimate of drug-likeness (QED) is 0.446. The zero-order valence-electron chi connectivity index (χ0n) is 6.45. The Morgan fingerprint density at radius 1 is 1.30 bits per heavy atom. The molecule has 3 heteroatoms. The lowest BCUT2D eigenvalue weighted by Crippen LogP contribution is -2.05. The third-order valence-electron chi connectivity index (χ3n) is 1.28. The molecule has 0 saturated carbocycles. The van der Waals surface area contributed by atoms with E-state index in [-0.39, 0.29) is 0 Å². The summed E-state index contributed by atoms with van der Waals surface area (Å²) in [6, 6.07) is 0.